The van der Waals surface area contributed by atoms with Crippen LogP contribution >= 0.6 is 0 Å². The molecular weight excluding hydrogens is 191 g/mol. The molecule has 1 atom stereocenters. The molecule has 0 amide bonds. The lowest BCUT2D eigenvalue weighted by atomic mass is 9.96. The summed E-state index contributed by atoms with van der Waals surface area (Å²) in [6, 6.07) is 8.54. The minimum atomic E-state index is -4.15. The van der Waals surface area contributed by atoms with Crippen molar-refractivity contribution >= 4 is 0 Å². The summed E-state index contributed by atoms with van der Waals surface area (Å²) in [5.41, 5.74) is 5.96. The van der Waals surface area contributed by atoms with Gasteiger partial charge in [0.1, 0.15) is 0 Å². The van der Waals surface area contributed by atoms with Crippen molar-refractivity contribution in [3.05, 3.63) is 35.9 Å². The van der Waals surface area contributed by atoms with Crippen LogP contribution in [0.3, 0.4) is 0 Å². The van der Waals surface area contributed by atoms with E-state index in [2.05, 4.69) is 0 Å². The average Bonchev–Trinajstić information content (AvgIpc) is 2.14. The summed E-state index contributed by atoms with van der Waals surface area (Å²) in [6.07, 6.45) is -5.01. The molecule has 0 unspecified atom stereocenters. The summed E-state index contributed by atoms with van der Waals surface area (Å²) >= 11 is 0. The molecule has 0 aliphatic heterocycles. The van der Waals surface area contributed by atoms with Gasteiger partial charge in [0.25, 0.3) is 0 Å². The van der Waals surface area contributed by atoms with Gasteiger partial charge in [0.15, 0.2) is 0 Å². The summed E-state index contributed by atoms with van der Waals surface area (Å²) in [4.78, 5) is 0. The Labute approximate surface area is 80.7 Å². The number of hydrogen-bond donors (Lipinski definition) is 1. The number of rotatable bonds is 3. The van der Waals surface area contributed by atoms with Crippen molar-refractivity contribution in [3.8, 4) is 0 Å². The first-order valence-corrected chi connectivity index (χ1v) is 4.34. The van der Waals surface area contributed by atoms with Crippen LogP contribution in [0.1, 0.15) is 17.9 Å². The van der Waals surface area contributed by atoms with Crippen LogP contribution in [0.4, 0.5) is 13.2 Å². The molecule has 0 saturated carbocycles. The molecule has 0 aromatic heterocycles. The Kier molecular flexibility index (Phi) is 3.52. The molecule has 0 heterocycles. The molecular formula is C10H12F3N. The molecule has 1 aromatic carbocycles. The maximum atomic E-state index is 12.1. The highest BCUT2D eigenvalue weighted by molar-refractivity contribution is 5.19. The average molecular weight is 203 g/mol. The summed E-state index contributed by atoms with van der Waals surface area (Å²) in [5.74, 6) is -0.629. The number of alkyl halides is 3. The molecule has 0 radical (unpaired) electrons. The predicted octanol–water partition coefficient (Wildman–Crippen LogP) is 2.68. The van der Waals surface area contributed by atoms with Crippen LogP contribution in [0.25, 0.3) is 0 Å². The molecule has 1 aromatic rings. The summed E-state index contributed by atoms with van der Waals surface area (Å²) in [6.45, 7) is 0.0174. The molecule has 0 saturated heterocycles. The van der Waals surface area contributed by atoms with Crippen LogP contribution in [0, 0.1) is 0 Å². The molecule has 0 fully saturated rings. The highest BCUT2D eigenvalue weighted by atomic mass is 19.4. The SMILES string of the molecule is NC[C@H](CC(F)(F)F)c1ccccc1. The van der Waals surface area contributed by atoms with Crippen molar-refractivity contribution in [1.29, 1.82) is 0 Å². The third-order valence-electron chi connectivity index (χ3n) is 2.03. The molecule has 1 rings (SSSR count). The molecule has 1 nitrogen and oxygen atoms in total. The molecule has 4 heteroatoms. The third kappa shape index (κ3) is 3.38. The van der Waals surface area contributed by atoms with Crippen LogP contribution in [-0.2, 0) is 0 Å². The lowest BCUT2D eigenvalue weighted by Gasteiger charge is -2.16. The van der Waals surface area contributed by atoms with E-state index < -0.39 is 18.5 Å². The minimum absolute atomic E-state index is 0.0174. The van der Waals surface area contributed by atoms with Crippen molar-refractivity contribution in [1.82, 2.24) is 0 Å². The Hall–Kier alpha value is -1.03. The van der Waals surface area contributed by atoms with Gasteiger partial charge in [-0.3, -0.25) is 0 Å². The first kappa shape index (κ1) is 11.0. The van der Waals surface area contributed by atoms with Gasteiger partial charge < -0.3 is 5.73 Å². The second-order valence-electron chi connectivity index (χ2n) is 3.16. The van der Waals surface area contributed by atoms with Gasteiger partial charge in [0.2, 0.25) is 0 Å². The number of halogens is 3. The zero-order valence-electron chi connectivity index (χ0n) is 7.59. The van der Waals surface area contributed by atoms with E-state index in [1.165, 1.54) is 0 Å². The van der Waals surface area contributed by atoms with Gasteiger partial charge in [-0.1, -0.05) is 30.3 Å². The predicted molar refractivity (Wildman–Crippen MR) is 48.9 cm³/mol. The molecule has 2 N–H and O–H groups in total. The quantitative estimate of drug-likeness (QED) is 0.803. The topological polar surface area (TPSA) is 26.0 Å². The fourth-order valence-electron chi connectivity index (χ4n) is 1.34. The summed E-state index contributed by atoms with van der Waals surface area (Å²) in [7, 11) is 0. The molecule has 0 spiro atoms. The van der Waals surface area contributed by atoms with Crippen molar-refractivity contribution in [2.75, 3.05) is 6.54 Å². The number of benzene rings is 1. The first-order valence-electron chi connectivity index (χ1n) is 4.34. The van der Waals surface area contributed by atoms with Gasteiger partial charge in [0.05, 0.1) is 6.42 Å². The number of hydrogen-bond acceptors (Lipinski definition) is 1. The maximum Gasteiger partial charge on any atom is 0.389 e. The zero-order chi connectivity index (χ0) is 10.6. The maximum absolute atomic E-state index is 12.1. The Morgan fingerprint density at radius 2 is 1.71 bits per heavy atom. The van der Waals surface area contributed by atoms with Crippen molar-refractivity contribution in [3.63, 3.8) is 0 Å². The standard InChI is InChI=1S/C10H12F3N/c11-10(12,13)6-9(7-14)8-4-2-1-3-5-8/h1-5,9H,6-7,14H2/t9-/m0/s1. The van der Waals surface area contributed by atoms with Crippen LogP contribution in [0.5, 0.6) is 0 Å². The van der Waals surface area contributed by atoms with E-state index in [1.54, 1.807) is 30.3 Å². The van der Waals surface area contributed by atoms with E-state index in [1.807, 2.05) is 0 Å². The van der Waals surface area contributed by atoms with Gasteiger partial charge in [-0.25, -0.2) is 0 Å². The minimum Gasteiger partial charge on any atom is -0.330 e. The fourth-order valence-corrected chi connectivity index (χ4v) is 1.34. The van der Waals surface area contributed by atoms with E-state index in [9.17, 15) is 13.2 Å². The molecule has 0 aliphatic carbocycles. The normalized spacial score (nSPS) is 14.0. The lowest BCUT2D eigenvalue weighted by molar-refractivity contribution is -0.138. The Morgan fingerprint density at radius 1 is 1.14 bits per heavy atom. The van der Waals surface area contributed by atoms with Crippen molar-refractivity contribution < 1.29 is 13.2 Å². The molecule has 0 aliphatic rings. The van der Waals surface area contributed by atoms with Gasteiger partial charge >= 0.3 is 6.18 Å². The van der Waals surface area contributed by atoms with Gasteiger partial charge in [0, 0.05) is 5.92 Å². The van der Waals surface area contributed by atoms with E-state index in [0.29, 0.717) is 5.56 Å². The van der Waals surface area contributed by atoms with Crippen LogP contribution in [0.2, 0.25) is 0 Å². The smallest absolute Gasteiger partial charge is 0.330 e. The Morgan fingerprint density at radius 3 is 2.14 bits per heavy atom. The fraction of sp³-hybridized carbons (Fsp3) is 0.400. The first-order chi connectivity index (χ1) is 6.53. The van der Waals surface area contributed by atoms with Gasteiger partial charge in [-0.2, -0.15) is 13.2 Å². The second-order valence-corrected chi connectivity index (χ2v) is 3.16. The van der Waals surface area contributed by atoms with E-state index in [4.69, 9.17) is 5.73 Å². The lowest BCUT2D eigenvalue weighted by Crippen LogP contribution is -2.20. The van der Waals surface area contributed by atoms with Gasteiger partial charge in [-0.05, 0) is 12.1 Å². The molecule has 14 heavy (non-hydrogen) atoms. The van der Waals surface area contributed by atoms with Crippen molar-refractivity contribution in [2.45, 2.75) is 18.5 Å². The Balaban J connectivity index is 2.73. The zero-order valence-corrected chi connectivity index (χ0v) is 7.59. The monoisotopic (exact) mass is 203 g/mol. The molecule has 78 valence electrons. The summed E-state index contributed by atoms with van der Waals surface area (Å²) < 4.78 is 36.4. The Bertz CT molecular complexity index is 268. The van der Waals surface area contributed by atoms with Crippen LogP contribution in [0.15, 0.2) is 30.3 Å². The van der Waals surface area contributed by atoms with Crippen molar-refractivity contribution in [2.24, 2.45) is 5.73 Å². The van der Waals surface area contributed by atoms with E-state index >= 15 is 0 Å². The third-order valence-corrected chi connectivity index (χ3v) is 2.03. The largest absolute Gasteiger partial charge is 0.389 e. The highest BCUT2D eigenvalue weighted by Gasteiger charge is 2.31. The van der Waals surface area contributed by atoms with E-state index in [0.717, 1.165) is 0 Å². The number of nitrogens with two attached hydrogens (primary N) is 1. The second kappa shape index (κ2) is 4.46. The summed E-state index contributed by atoms with van der Waals surface area (Å²) in [5, 5.41) is 0. The van der Waals surface area contributed by atoms with E-state index in [-0.39, 0.29) is 6.54 Å². The highest BCUT2D eigenvalue weighted by Crippen LogP contribution is 2.30. The van der Waals surface area contributed by atoms with Crippen LogP contribution < -0.4 is 5.73 Å². The molecule has 0 bridgehead atoms. The van der Waals surface area contributed by atoms with Crippen LogP contribution in [-0.4, -0.2) is 12.7 Å². The van der Waals surface area contributed by atoms with Gasteiger partial charge in [-0.15, -0.1) is 0 Å².